The third kappa shape index (κ3) is 1.06. The van der Waals surface area contributed by atoms with Gasteiger partial charge in [0.05, 0.1) is 6.10 Å². The molecule has 3 unspecified atom stereocenters. The van der Waals surface area contributed by atoms with E-state index < -0.39 is 0 Å². The minimum absolute atomic E-state index is 0.0588. The van der Waals surface area contributed by atoms with Crippen molar-refractivity contribution < 1.29 is 5.11 Å². The minimum atomic E-state index is -0.0588. The van der Waals surface area contributed by atoms with Crippen molar-refractivity contribution in [1.82, 2.24) is 5.32 Å². The molecule has 1 heterocycles. The van der Waals surface area contributed by atoms with Crippen molar-refractivity contribution in [3.05, 3.63) is 0 Å². The molecule has 0 aromatic heterocycles. The van der Waals surface area contributed by atoms with Crippen molar-refractivity contribution >= 4 is 0 Å². The molecule has 0 spiro atoms. The Morgan fingerprint density at radius 1 is 1.20 bits per heavy atom. The fraction of sp³-hybridized carbons (Fsp3) is 1.00. The van der Waals surface area contributed by atoms with Crippen LogP contribution in [0.4, 0.5) is 0 Å². The average molecular weight is 141 g/mol. The Balaban J connectivity index is 2.00. The lowest BCUT2D eigenvalue weighted by atomic mass is 9.79. The molecular weight excluding hydrogens is 126 g/mol. The van der Waals surface area contributed by atoms with Gasteiger partial charge in [-0.3, -0.25) is 0 Å². The maximum atomic E-state index is 9.46. The highest BCUT2D eigenvalue weighted by Gasteiger charge is 2.31. The summed E-state index contributed by atoms with van der Waals surface area (Å²) in [7, 11) is 0. The fourth-order valence-corrected chi connectivity index (χ4v) is 2.20. The minimum Gasteiger partial charge on any atom is -0.392 e. The van der Waals surface area contributed by atoms with E-state index in [9.17, 15) is 5.11 Å². The van der Waals surface area contributed by atoms with Crippen molar-refractivity contribution in [2.45, 2.75) is 37.8 Å². The Morgan fingerprint density at radius 3 is 2.90 bits per heavy atom. The van der Waals surface area contributed by atoms with Crippen LogP contribution in [0.25, 0.3) is 0 Å². The molecule has 2 bridgehead atoms. The van der Waals surface area contributed by atoms with E-state index in [4.69, 9.17) is 0 Å². The van der Waals surface area contributed by atoms with Crippen LogP contribution < -0.4 is 5.32 Å². The van der Waals surface area contributed by atoms with Gasteiger partial charge in [-0.1, -0.05) is 0 Å². The molecule has 10 heavy (non-hydrogen) atoms. The van der Waals surface area contributed by atoms with Crippen LogP contribution in [-0.2, 0) is 0 Å². The number of aliphatic hydroxyl groups is 1. The van der Waals surface area contributed by atoms with Gasteiger partial charge in [0.25, 0.3) is 0 Å². The van der Waals surface area contributed by atoms with E-state index in [0.29, 0.717) is 6.04 Å². The standard InChI is InChI=1S/C8H15NO/c10-8-2-1-6-3-4-9-7(8)5-6/h6-10H,1-5H2. The molecule has 2 nitrogen and oxygen atoms in total. The van der Waals surface area contributed by atoms with Crippen LogP contribution in [-0.4, -0.2) is 23.8 Å². The van der Waals surface area contributed by atoms with Crippen LogP contribution in [0.1, 0.15) is 25.7 Å². The first-order valence-corrected chi connectivity index (χ1v) is 4.28. The topological polar surface area (TPSA) is 32.3 Å². The first kappa shape index (κ1) is 6.62. The summed E-state index contributed by atoms with van der Waals surface area (Å²) in [5.41, 5.74) is 0. The van der Waals surface area contributed by atoms with Gasteiger partial charge >= 0.3 is 0 Å². The molecule has 2 N–H and O–H groups in total. The van der Waals surface area contributed by atoms with Crippen molar-refractivity contribution in [3.63, 3.8) is 0 Å². The molecule has 2 fully saturated rings. The molecular formula is C8H15NO. The predicted octanol–water partition coefficient (Wildman–Crippen LogP) is 0.509. The zero-order valence-electron chi connectivity index (χ0n) is 6.21. The van der Waals surface area contributed by atoms with Gasteiger partial charge < -0.3 is 10.4 Å². The summed E-state index contributed by atoms with van der Waals surface area (Å²) in [6.07, 6.45) is 4.74. The normalized spacial score (nSPS) is 47.1. The lowest BCUT2D eigenvalue weighted by Gasteiger charge is -2.38. The second kappa shape index (κ2) is 2.51. The van der Waals surface area contributed by atoms with Crippen LogP contribution in [0.5, 0.6) is 0 Å². The first-order valence-electron chi connectivity index (χ1n) is 4.28. The van der Waals surface area contributed by atoms with Gasteiger partial charge in [0.2, 0.25) is 0 Å². The quantitative estimate of drug-likeness (QED) is 0.515. The van der Waals surface area contributed by atoms with E-state index in [-0.39, 0.29) is 6.10 Å². The highest BCUT2D eigenvalue weighted by molar-refractivity contribution is 4.88. The number of piperidine rings is 1. The van der Waals surface area contributed by atoms with E-state index in [1.165, 1.54) is 19.3 Å². The molecule has 3 atom stereocenters. The average Bonchev–Trinajstić information content (AvgIpc) is 1.99. The van der Waals surface area contributed by atoms with E-state index >= 15 is 0 Å². The van der Waals surface area contributed by atoms with Crippen molar-refractivity contribution in [3.8, 4) is 0 Å². The molecule has 2 heteroatoms. The third-order valence-electron chi connectivity index (χ3n) is 2.88. The number of hydrogen-bond donors (Lipinski definition) is 2. The summed E-state index contributed by atoms with van der Waals surface area (Å²) in [5, 5.41) is 12.8. The Hall–Kier alpha value is -0.0800. The van der Waals surface area contributed by atoms with Gasteiger partial charge in [-0.2, -0.15) is 0 Å². The smallest absolute Gasteiger partial charge is 0.0693 e. The summed E-state index contributed by atoms with van der Waals surface area (Å²) in [6, 6.07) is 0.424. The van der Waals surface area contributed by atoms with Gasteiger partial charge in [-0.05, 0) is 38.1 Å². The van der Waals surface area contributed by atoms with Crippen molar-refractivity contribution in [1.29, 1.82) is 0 Å². The zero-order valence-corrected chi connectivity index (χ0v) is 6.21. The number of nitrogens with one attached hydrogen (secondary N) is 1. The predicted molar refractivity (Wildman–Crippen MR) is 39.8 cm³/mol. The Labute approximate surface area is 61.6 Å². The fourth-order valence-electron chi connectivity index (χ4n) is 2.20. The lowest BCUT2D eigenvalue weighted by molar-refractivity contribution is 0.0508. The molecule has 1 aliphatic carbocycles. The summed E-state index contributed by atoms with van der Waals surface area (Å²) in [5.74, 6) is 0.912. The third-order valence-corrected chi connectivity index (χ3v) is 2.88. The van der Waals surface area contributed by atoms with Gasteiger partial charge in [0, 0.05) is 6.04 Å². The Morgan fingerprint density at radius 2 is 2.10 bits per heavy atom. The Bertz CT molecular complexity index is 124. The molecule has 0 aromatic rings. The lowest BCUT2D eigenvalue weighted by Crippen LogP contribution is -2.49. The number of rotatable bonds is 0. The molecule has 2 rings (SSSR count). The molecule has 0 aromatic carbocycles. The number of aliphatic hydroxyl groups excluding tert-OH is 1. The monoisotopic (exact) mass is 141 g/mol. The van der Waals surface area contributed by atoms with E-state index in [0.717, 1.165) is 18.9 Å². The van der Waals surface area contributed by atoms with Gasteiger partial charge in [-0.25, -0.2) is 0 Å². The van der Waals surface area contributed by atoms with Gasteiger partial charge in [0.15, 0.2) is 0 Å². The first-order chi connectivity index (χ1) is 4.86. The summed E-state index contributed by atoms with van der Waals surface area (Å²) >= 11 is 0. The van der Waals surface area contributed by atoms with Crippen LogP contribution in [0.2, 0.25) is 0 Å². The van der Waals surface area contributed by atoms with Gasteiger partial charge in [-0.15, -0.1) is 0 Å². The number of fused-ring (bicyclic) bond motifs is 2. The molecule has 0 amide bonds. The van der Waals surface area contributed by atoms with Crippen LogP contribution in [0, 0.1) is 5.92 Å². The van der Waals surface area contributed by atoms with E-state index in [2.05, 4.69) is 5.32 Å². The second-order valence-electron chi connectivity index (χ2n) is 3.60. The SMILES string of the molecule is OC1CCC2CCNC1C2. The van der Waals surface area contributed by atoms with Crippen molar-refractivity contribution in [2.75, 3.05) is 6.54 Å². The highest BCUT2D eigenvalue weighted by atomic mass is 16.3. The highest BCUT2D eigenvalue weighted by Crippen LogP contribution is 2.29. The van der Waals surface area contributed by atoms with E-state index in [1.54, 1.807) is 0 Å². The summed E-state index contributed by atoms with van der Waals surface area (Å²) in [6.45, 7) is 1.12. The summed E-state index contributed by atoms with van der Waals surface area (Å²) < 4.78 is 0. The zero-order chi connectivity index (χ0) is 6.97. The molecule has 58 valence electrons. The summed E-state index contributed by atoms with van der Waals surface area (Å²) in [4.78, 5) is 0. The van der Waals surface area contributed by atoms with Gasteiger partial charge in [0.1, 0.15) is 0 Å². The molecule has 2 aliphatic rings. The van der Waals surface area contributed by atoms with Crippen molar-refractivity contribution in [2.24, 2.45) is 5.92 Å². The molecule has 1 aliphatic heterocycles. The number of hydrogen-bond acceptors (Lipinski definition) is 2. The Kier molecular flexibility index (Phi) is 1.66. The largest absolute Gasteiger partial charge is 0.392 e. The molecule has 1 saturated carbocycles. The van der Waals surface area contributed by atoms with Crippen LogP contribution in [0.3, 0.4) is 0 Å². The van der Waals surface area contributed by atoms with E-state index in [1.807, 2.05) is 0 Å². The van der Waals surface area contributed by atoms with Crippen LogP contribution in [0.15, 0.2) is 0 Å². The molecule has 1 saturated heterocycles. The maximum Gasteiger partial charge on any atom is 0.0693 e. The van der Waals surface area contributed by atoms with Crippen LogP contribution >= 0.6 is 0 Å². The second-order valence-corrected chi connectivity index (χ2v) is 3.60. The molecule has 0 radical (unpaired) electrons. The maximum absolute atomic E-state index is 9.46.